The molecule has 0 spiro atoms. The molecule has 4 aromatic rings. The van der Waals surface area contributed by atoms with E-state index in [9.17, 15) is 19.6 Å². The quantitative estimate of drug-likeness (QED) is 0.378. The third-order valence-electron chi connectivity index (χ3n) is 7.37. The van der Waals surface area contributed by atoms with Gasteiger partial charge in [0.05, 0.1) is 37.0 Å². The Morgan fingerprint density at radius 3 is 2.86 bits per heavy atom. The van der Waals surface area contributed by atoms with Crippen LogP contribution in [0.4, 0.5) is 4.39 Å². The third-order valence-corrected chi connectivity index (χ3v) is 7.37. The highest BCUT2D eigenvalue weighted by Gasteiger charge is 2.42. The molecule has 0 unspecified atom stereocenters. The highest BCUT2D eigenvalue weighted by molar-refractivity contribution is 5.94. The Balaban J connectivity index is 1.83. The summed E-state index contributed by atoms with van der Waals surface area (Å²) in [7, 11) is 1.41. The maximum atomic E-state index is 14.4. The van der Waals surface area contributed by atoms with Gasteiger partial charge in [0.1, 0.15) is 0 Å². The van der Waals surface area contributed by atoms with Crippen molar-refractivity contribution in [3.63, 3.8) is 0 Å². The van der Waals surface area contributed by atoms with Crippen LogP contribution in [0.3, 0.4) is 0 Å². The first kappa shape index (κ1) is 24.7. The summed E-state index contributed by atoms with van der Waals surface area (Å²) in [5, 5.41) is 27.2. The Hall–Kier alpha value is -3.97. The van der Waals surface area contributed by atoms with Crippen molar-refractivity contribution in [2.75, 3.05) is 13.7 Å². The van der Waals surface area contributed by atoms with Crippen molar-refractivity contribution < 1.29 is 23.8 Å². The van der Waals surface area contributed by atoms with E-state index in [1.807, 2.05) is 24.5 Å². The number of nitrogens with zero attached hydrogens (tertiary/aromatic N) is 4. The Kier molecular flexibility index (Phi) is 5.91. The Morgan fingerprint density at radius 1 is 1.43 bits per heavy atom. The maximum Gasteiger partial charge on any atom is 0.335 e. The van der Waals surface area contributed by atoms with Gasteiger partial charge in [-0.3, -0.25) is 5.10 Å². The molecule has 4 heterocycles. The second-order valence-corrected chi connectivity index (χ2v) is 10.4. The lowest BCUT2D eigenvalue weighted by molar-refractivity contribution is -0.170. The Morgan fingerprint density at radius 2 is 2.22 bits per heavy atom. The van der Waals surface area contributed by atoms with Crippen molar-refractivity contribution >= 4 is 28.0 Å². The van der Waals surface area contributed by atoms with E-state index >= 15 is 0 Å². The minimum atomic E-state index is -1.26. The highest BCUT2D eigenvalue weighted by Crippen LogP contribution is 2.46. The first-order valence-corrected chi connectivity index (χ1v) is 12.1. The molecule has 37 heavy (non-hydrogen) atoms. The van der Waals surface area contributed by atoms with Gasteiger partial charge < -0.3 is 19.1 Å². The summed E-state index contributed by atoms with van der Waals surface area (Å²) in [5.74, 6) is -1.54. The zero-order valence-corrected chi connectivity index (χ0v) is 21.1. The van der Waals surface area contributed by atoms with Crippen molar-refractivity contribution in [2.45, 2.75) is 57.0 Å². The number of aromatic nitrogens is 4. The molecule has 0 bridgehead atoms. The van der Waals surface area contributed by atoms with Crippen LogP contribution in [0.1, 0.15) is 57.2 Å². The number of aliphatic carboxylic acids is 1. The normalized spacial score (nSPS) is 20.3. The maximum absolute atomic E-state index is 14.4. The largest absolute Gasteiger partial charge is 0.494 e. The summed E-state index contributed by atoms with van der Waals surface area (Å²) in [6, 6.07) is 8.93. The summed E-state index contributed by atoms with van der Waals surface area (Å²) in [5.41, 5.74) is 2.59. The number of H-pyrrole nitrogens is 1. The average molecular weight is 506 g/mol. The molecule has 1 saturated heterocycles. The summed E-state index contributed by atoms with van der Waals surface area (Å²) < 4.78 is 27.6. The van der Waals surface area contributed by atoms with Gasteiger partial charge in [0.2, 0.25) is 0 Å². The molecule has 10 heteroatoms. The zero-order chi connectivity index (χ0) is 26.5. The SMILES string of the molecule is COc1cc(-n2c(C(C)(C)CC#N)c([C@H]3CC[C@](C)(C(=O)O)OC3)c3nc4[nH]ncc4cc32)ccc1F. The van der Waals surface area contributed by atoms with Crippen LogP contribution in [-0.4, -0.2) is 50.1 Å². The number of halogens is 1. The second kappa shape index (κ2) is 8.85. The van der Waals surface area contributed by atoms with Gasteiger partial charge in [0.15, 0.2) is 22.8 Å². The minimum absolute atomic E-state index is 0.0977. The molecule has 9 nitrogen and oxygen atoms in total. The number of methoxy groups -OCH3 is 1. The van der Waals surface area contributed by atoms with E-state index in [2.05, 4.69) is 16.3 Å². The number of carbonyl (C=O) groups is 1. The summed E-state index contributed by atoms with van der Waals surface area (Å²) in [4.78, 5) is 16.7. The first-order valence-electron chi connectivity index (χ1n) is 12.1. The van der Waals surface area contributed by atoms with Gasteiger partial charge in [-0.15, -0.1) is 0 Å². The van der Waals surface area contributed by atoms with Gasteiger partial charge in [-0.2, -0.15) is 10.4 Å². The second-order valence-electron chi connectivity index (χ2n) is 10.4. The molecule has 0 aliphatic carbocycles. The molecule has 1 aromatic carbocycles. The van der Waals surface area contributed by atoms with E-state index in [1.165, 1.54) is 13.2 Å². The van der Waals surface area contributed by atoms with Crippen molar-refractivity contribution in [1.82, 2.24) is 19.7 Å². The molecule has 2 atom stereocenters. The number of carboxylic acid groups (broad SMARTS) is 1. The molecular formula is C27H28FN5O4. The first-order chi connectivity index (χ1) is 17.6. The van der Waals surface area contributed by atoms with Crippen molar-refractivity contribution in [1.29, 1.82) is 5.26 Å². The van der Waals surface area contributed by atoms with Gasteiger partial charge >= 0.3 is 5.97 Å². The molecule has 0 saturated carbocycles. The number of aromatic amines is 1. The number of carboxylic acids is 1. The van der Waals surface area contributed by atoms with Gasteiger partial charge in [0.25, 0.3) is 0 Å². The fourth-order valence-corrected chi connectivity index (χ4v) is 5.27. The van der Waals surface area contributed by atoms with Crippen LogP contribution < -0.4 is 4.74 Å². The molecule has 2 N–H and O–H groups in total. The third kappa shape index (κ3) is 4.00. The van der Waals surface area contributed by atoms with Crippen LogP contribution >= 0.6 is 0 Å². The summed E-state index contributed by atoms with van der Waals surface area (Å²) in [6.07, 6.45) is 2.79. The molecular weight excluding hydrogens is 477 g/mol. The van der Waals surface area contributed by atoms with Crippen molar-refractivity contribution in [3.05, 3.63) is 47.5 Å². The van der Waals surface area contributed by atoms with Crippen LogP contribution in [0.2, 0.25) is 0 Å². The van der Waals surface area contributed by atoms with Crippen LogP contribution in [0.5, 0.6) is 5.75 Å². The molecule has 192 valence electrons. The van der Waals surface area contributed by atoms with E-state index in [4.69, 9.17) is 14.5 Å². The van der Waals surface area contributed by atoms with Crippen LogP contribution in [-0.2, 0) is 14.9 Å². The fraction of sp³-hybridized carbons (Fsp3) is 0.407. The zero-order valence-electron chi connectivity index (χ0n) is 21.1. The van der Waals surface area contributed by atoms with E-state index in [0.717, 1.165) is 22.2 Å². The van der Waals surface area contributed by atoms with Gasteiger partial charge in [-0.25, -0.2) is 14.2 Å². The number of pyridine rings is 1. The van der Waals surface area contributed by atoms with E-state index < -0.39 is 22.8 Å². The number of fused-ring (bicyclic) bond motifs is 2. The monoisotopic (exact) mass is 505 g/mol. The van der Waals surface area contributed by atoms with E-state index in [1.54, 1.807) is 25.3 Å². The van der Waals surface area contributed by atoms with E-state index in [0.29, 0.717) is 29.7 Å². The van der Waals surface area contributed by atoms with Crippen molar-refractivity contribution in [3.8, 4) is 17.5 Å². The Labute approximate surface area is 212 Å². The topological polar surface area (TPSA) is 126 Å². The molecule has 1 fully saturated rings. The fourth-order valence-electron chi connectivity index (χ4n) is 5.27. The standard InChI is InChI=1S/C27H28FN5O4/c1-26(2,9-10-29)23-21(15-7-8-27(3,25(34)35)37-14-15)22-19(11-16-13-30-32-24(16)31-22)33(23)17-5-6-18(28)20(12-17)36-4/h5-6,11-13,15H,7-9,14H2,1-4H3,(H,34,35)(H,30,31,32)/t15-,27+/m0/s1. The number of hydrogen-bond donors (Lipinski definition) is 2. The van der Waals surface area contributed by atoms with Gasteiger partial charge in [-0.05, 0) is 38.0 Å². The smallest absolute Gasteiger partial charge is 0.335 e. The number of rotatable bonds is 6. The highest BCUT2D eigenvalue weighted by atomic mass is 19.1. The van der Waals surface area contributed by atoms with Crippen LogP contribution in [0, 0.1) is 17.1 Å². The lowest BCUT2D eigenvalue weighted by Crippen LogP contribution is -2.43. The van der Waals surface area contributed by atoms with Crippen LogP contribution in [0.15, 0.2) is 30.5 Å². The number of nitrogens with one attached hydrogen (secondary N) is 1. The summed E-state index contributed by atoms with van der Waals surface area (Å²) in [6.45, 7) is 5.76. The Bertz CT molecular complexity index is 1560. The van der Waals surface area contributed by atoms with Crippen molar-refractivity contribution in [2.24, 2.45) is 0 Å². The van der Waals surface area contributed by atoms with E-state index in [-0.39, 0.29) is 24.7 Å². The van der Waals surface area contributed by atoms with Crippen LogP contribution in [0.25, 0.3) is 27.8 Å². The van der Waals surface area contributed by atoms with Gasteiger partial charge in [-0.1, -0.05) is 13.8 Å². The molecule has 1 aliphatic heterocycles. The molecule has 3 aromatic heterocycles. The molecule has 0 amide bonds. The number of hydrogen-bond acceptors (Lipinski definition) is 6. The lowest BCUT2D eigenvalue weighted by atomic mass is 9.78. The summed E-state index contributed by atoms with van der Waals surface area (Å²) >= 11 is 0. The number of benzene rings is 1. The number of ether oxygens (including phenoxy) is 2. The van der Waals surface area contributed by atoms with Gasteiger partial charge in [0, 0.05) is 46.2 Å². The number of nitriles is 1. The molecule has 5 rings (SSSR count). The molecule has 0 radical (unpaired) electrons. The minimum Gasteiger partial charge on any atom is -0.494 e. The predicted octanol–water partition coefficient (Wildman–Crippen LogP) is 4.98. The molecule has 1 aliphatic rings. The lowest BCUT2D eigenvalue weighted by Gasteiger charge is -2.36. The predicted molar refractivity (Wildman–Crippen MR) is 134 cm³/mol. The average Bonchev–Trinajstić information content (AvgIpc) is 3.45.